The summed E-state index contributed by atoms with van der Waals surface area (Å²) in [7, 11) is 0. The molecule has 3 nitrogen and oxygen atoms in total. The smallest absolute Gasteiger partial charge is 0.335 e. The molecule has 0 amide bonds. The Morgan fingerprint density at radius 1 is 1.18 bits per heavy atom. The van der Waals surface area contributed by atoms with Crippen molar-refractivity contribution in [3.63, 3.8) is 0 Å². The number of nitriles is 1. The van der Waals surface area contributed by atoms with Gasteiger partial charge in [0.1, 0.15) is 0 Å². The van der Waals surface area contributed by atoms with Crippen molar-refractivity contribution >= 4 is 5.97 Å². The molecule has 0 radical (unpaired) electrons. The zero-order valence-corrected chi connectivity index (χ0v) is 9.54. The Morgan fingerprint density at radius 2 is 1.59 bits per heavy atom. The van der Waals surface area contributed by atoms with E-state index >= 15 is 0 Å². The van der Waals surface area contributed by atoms with Crippen LogP contribution >= 0.6 is 0 Å². The van der Waals surface area contributed by atoms with E-state index in [2.05, 4.69) is 19.7 Å². The van der Waals surface area contributed by atoms with Crippen molar-refractivity contribution in [1.82, 2.24) is 0 Å². The molecule has 0 bridgehead atoms. The highest BCUT2D eigenvalue weighted by Gasteiger charge is 1.96. The van der Waals surface area contributed by atoms with Gasteiger partial charge in [0.05, 0.1) is 11.6 Å². The number of carboxylic acids is 1. The Hall–Kier alpha value is -2.60. The van der Waals surface area contributed by atoms with Crippen LogP contribution in [0.3, 0.4) is 0 Å². The highest BCUT2D eigenvalue weighted by Crippen LogP contribution is 1.96. The molecule has 0 saturated carbocycles. The van der Waals surface area contributed by atoms with E-state index in [0.29, 0.717) is 5.56 Å². The average molecular weight is 229 g/mol. The maximum atomic E-state index is 10.2. The van der Waals surface area contributed by atoms with Crippen molar-refractivity contribution in [3.05, 3.63) is 73.9 Å². The molecule has 0 aliphatic heterocycles. The van der Waals surface area contributed by atoms with Gasteiger partial charge in [0.2, 0.25) is 0 Å². The minimum atomic E-state index is -0.879. The van der Waals surface area contributed by atoms with Crippen molar-refractivity contribution in [1.29, 1.82) is 5.26 Å². The molecule has 88 valence electrons. The van der Waals surface area contributed by atoms with E-state index in [1.54, 1.807) is 48.6 Å². The monoisotopic (exact) mass is 229 g/mol. The SMILES string of the molecule is C=CC#N.C=CC=C.O=C(O)c1ccccc1. The molecule has 3 heteroatoms. The molecule has 17 heavy (non-hydrogen) atoms. The third-order valence-corrected chi connectivity index (χ3v) is 1.28. The van der Waals surface area contributed by atoms with Gasteiger partial charge in [0.25, 0.3) is 0 Å². The predicted molar refractivity (Wildman–Crippen MR) is 69.6 cm³/mol. The molecule has 1 rings (SSSR count). The lowest BCUT2D eigenvalue weighted by Crippen LogP contribution is -1.93. The lowest BCUT2D eigenvalue weighted by atomic mass is 10.2. The fraction of sp³-hybridized carbons (Fsp3) is 0. The number of benzene rings is 1. The normalized spacial score (nSPS) is 6.76. The van der Waals surface area contributed by atoms with Crippen LogP contribution < -0.4 is 0 Å². The average Bonchev–Trinajstić information content (AvgIpc) is 2.40. The van der Waals surface area contributed by atoms with Crippen LogP contribution in [0.1, 0.15) is 10.4 Å². The first-order chi connectivity index (χ1) is 8.13. The van der Waals surface area contributed by atoms with E-state index in [9.17, 15) is 4.79 Å². The Morgan fingerprint density at radius 3 is 1.76 bits per heavy atom. The van der Waals surface area contributed by atoms with E-state index < -0.39 is 5.97 Å². The molecule has 0 heterocycles. The molecule has 1 aromatic carbocycles. The van der Waals surface area contributed by atoms with E-state index in [1.165, 1.54) is 6.08 Å². The zero-order chi connectivity index (χ0) is 13.5. The molecule has 0 aliphatic carbocycles. The van der Waals surface area contributed by atoms with Crippen LogP contribution in [0, 0.1) is 11.3 Å². The lowest BCUT2D eigenvalue weighted by molar-refractivity contribution is 0.0697. The van der Waals surface area contributed by atoms with Crippen LogP contribution in [0.25, 0.3) is 0 Å². The molecule has 0 fully saturated rings. The van der Waals surface area contributed by atoms with Gasteiger partial charge in [-0.2, -0.15) is 5.26 Å². The molecule has 0 spiro atoms. The van der Waals surface area contributed by atoms with Gasteiger partial charge >= 0.3 is 5.97 Å². The van der Waals surface area contributed by atoms with Crippen LogP contribution in [-0.4, -0.2) is 11.1 Å². The van der Waals surface area contributed by atoms with Crippen LogP contribution in [0.2, 0.25) is 0 Å². The number of nitrogens with zero attached hydrogens (tertiary/aromatic N) is 1. The second kappa shape index (κ2) is 13.4. The topological polar surface area (TPSA) is 61.1 Å². The van der Waals surface area contributed by atoms with Crippen LogP contribution in [0.15, 0.2) is 68.3 Å². The van der Waals surface area contributed by atoms with Gasteiger partial charge in [-0.05, 0) is 12.1 Å². The summed E-state index contributed by atoms with van der Waals surface area (Å²) in [6.07, 6.45) is 4.46. The molecule has 0 aliphatic rings. The number of carboxylic acid groups (broad SMARTS) is 1. The first kappa shape index (κ1) is 16.8. The lowest BCUT2D eigenvalue weighted by Gasteiger charge is -1.88. The van der Waals surface area contributed by atoms with Crippen molar-refractivity contribution in [2.45, 2.75) is 0 Å². The molecule has 0 aromatic heterocycles. The molecular formula is C14H15NO2. The quantitative estimate of drug-likeness (QED) is 0.624. The maximum absolute atomic E-state index is 10.2. The molecule has 1 aromatic rings. The van der Waals surface area contributed by atoms with E-state index in [-0.39, 0.29) is 0 Å². The number of hydrogen-bond acceptors (Lipinski definition) is 2. The highest BCUT2D eigenvalue weighted by atomic mass is 16.4. The summed E-state index contributed by atoms with van der Waals surface area (Å²) in [6.45, 7) is 9.84. The highest BCUT2D eigenvalue weighted by molar-refractivity contribution is 5.87. The van der Waals surface area contributed by atoms with Crippen molar-refractivity contribution < 1.29 is 9.90 Å². The first-order valence-corrected chi connectivity index (χ1v) is 4.66. The Balaban J connectivity index is 0. The van der Waals surface area contributed by atoms with Crippen LogP contribution in [-0.2, 0) is 0 Å². The van der Waals surface area contributed by atoms with Gasteiger partial charge in [0, 0.05) is 6.08 Å². The van der Waals surface area contributed by atoms with Gasteiger partial charge in [-0.1, -0.05) is 50.1 Å². The van der Waals surface area contributed by atoms with E-state index in [0.717, 1.165) is 0 Å². The van der Waals surface area contributed by atoms with Gasteiger partial charge in [0.15, 0.2) is 0 Å². The summed E-state index contributed by atoms with van der Waals surface area (Å²) in [6, 6.07) is 9.99. The second-order valence-electron chi connectivity index (χ2n) is 2.48. The van der Waals surface area contributed by atoms with Gasteiger partial charge in [-0.3, -0.25) is 0 Å². The third kappa shape index (κ3) is 13.4. The molecule has 1 N–H and O–H groups in total. The standard InChI is InChI=1S/C7H6O2.C4H6.C3H3N/c8-7(9)6-4-2-1-3-5-6;1-3-4-2;1-2-3-4/h1-5H,(H,8,9);3-4H,1-2H2;2H,1H2. The summed E-state index contributed by atoms with van der Waals surface area (Å²) in [4.78, 5) is 10.2. The Labute approximate surface area is 102 Å². The second-order valence-corrected chi connectivity index (χ2v) is 2.48. The fourth-order valence-electron chi connectivity index (χ4n) is 0.581. The maximum Gasteiger partial charge on any atom is 0.335 e. The minimum Gasteiger partial charge on any atom is -0.478 e. The summed E-state index contributed by atoms with van der Waals surface area (Å²) >= 11 is 0. The van der Waals surface area contributed by atoms with Crippen molar-refractivity contribution in [2.75, 3.05) is 0 Å². The molecule has 0 unspecified atom stereocenters. The van der Waals surface area contributed by atoms with Gasteiger partial charge < -0.3 is 5.11 Å². The zero-order valence-electron chi connectivity index (χ0n) is 9.54. The van der Waals surface area contributed by atoms with E-state index in [4.69, 9.17) is 10.4 Å². The number of allylic oxidation sites excluding steroid dienone is 3. The number of hydrogen-bond donors (Lipinski definition) is 1. The summed E-state index contributed by atoms with van der Waals surface area (Å²) < 4.78 is 0. The van der Waals surface area contributed by atoms with Crippen molar-refractivity contribution in [3.8, 4) is 6.07 Å². The summed E-state index contributed by atoms with van der Waals surface area (Å²) in [5.41, 5.74) is 0.331. The van der Waals surface area contributed by atoms with Crippen molar-refractivity contribution in [2.24, 2.45) is 0 Å². The summed E-state index contributed by atoms with van der Waals surface area (Å²) in [5.74, 6) is -0.879. The number of carbonyl (C=O) groups is 1. The third-order valence-electron chi connectivity index (χ3n) is 1.28. The first-order valence-electron chi connectivity index (χ1n) is 4.66. The number of rotatable bonds is 2. The van der Waals surface area contributed by atoms with Gasteiger partial charge in [-0.25, -0.2) is 4.79 Å². The Bertz CT molecular complexity index is 382. The minimum absolute atomic E-state index is 0.331. The molecular weight excluding hydrogens is 214 g/mol. The summed E-state index contributed by atoms with van der Waals surface area (Å²) in [5, 5.41) is 15.9. The predicted octanol–water partition coefficient (Wildman–Crippen LogP) is 3.44. The van der Waals surface area contributed by atoms with Crippen LogP contribution in [0.4, 0.5) is 0 Å². The van der Waals surface area contributed by atoms with Gasteiger partial charge in [-0.15, -0.1) is 0 Å². The molecule has 0 atom stereocenters. The van der Waals surface area contributed by atoms with Crippen LogP contribution in [0.5, 0.6) is 0 Å². The number of aromatic carboxylic acids is 1. The Kier molecular flexibility index (Phi) is 13.3. The van der Waals surface area contributed by atoms with E-state index in [1.807, 2.05) is 0 Å². The molecule has 0 saturated heterocycles. The fourth-order valence-corrected chi connectivity index (χ4v) is 0.581. The largest absolute Gasteiger partial charge is 0.478 e.